The van der Waals surface area contributed by atoms with Crippen molar-refractivity contribution >= 4 is 64.4 Å². The van der Waals surface area contributed by atoms with Crippen molar-refractivity contribution in [1.29, 1.82) is 0 Å². The van der Waals surface area contributed by atoms with Crippen molar-refractivity contribution in [3.05, 3.63) is 58.3 Å². The Balaban J connectivity index is 1.14. The summed E-state index contributed by atoms with van der Waals surface area (Å²) in [5.41, 5.74) is 0. The van der Waals surface area contributed by atoms with Gasteiger partial charge in [-0.25, -0.2) is 0 Å². The van der Waals surface area contributed by atoms with Gasteiger partial charge in [-0.1, -0.05) is 166 Å². The van der Waals surface area contributed by atoms with Gasteiger partial charge in [0.15, 0.2) is 0 Å². The number of rotatable bonds is 22. The Bertz CT molecular complexity index is 1430. The predicted octanol–water partition coefficient (Wildman–Crippen LogP) is 15.3. The molecule has 0 aliphatic heterocycles. The second kappa shape index (κ2) is 18.3. The summed E-state index contributed by atoms with van der Waals surface area (Å²) in [5.74, 6) is 0. The van der Waals surface area contributed by atoms with Crippen molar-refractivity contribution in [3.63, 3.8) is 0 Å². The van der Waals surface area contributed by atoms with Gasteiger partial charge in [0.25, 0.3) is 0 Å². The molecule has 0 aliphatic carbocycles. The molecule has 0 atom stereocenters. The third kappa shape index (κ3) is 9.32. The molecule has 0 spiro atoms. The zero-order valence-electron chi connectivity index (χ0n) is 28.0. The molecule has 0 bridgehead atoms. The topological polar surface area (TPSA) is 0 Å². The Labute approximate surface area is 276 Å². The van der Waals surface area contributed by atoms with Gasteiger partial charge in [0.2, 0.25) is 0 Å². The first-order valence-corrected chi connectivity index (χ1v) is 20.2. The number of hydrogen-bond acceptors (Lipinski definition) is 2. The number of fused-ring (bicyclic) bond motifs is 7. The molecule has 0 aliphatic rings. The maximum Gasteiger partial charge on any atom is 0.0424 e. The highest BCUT2D eigenvalue weighted by molar-refractivity contribution is 7.20. The van der Waals surface area contributed by atoms with Crippen LogP contribution in [0.1, 0.15) is 152 Å². The van der Waals surface area contributed by atoms with Crippen molar-refractivity contribution in [1.82, 2.24) is 0 Å². The molecule has 2 aromatic heterocycles. The average molecular weight is 627 g/mol. The number of benzene rings is 3. The van der Waals surface area contributed by atoms with E-state index in [0.717, 1.165) is 0 Å². The lowest BCUT2D eigenvalue weighted by Crippen LogP contribution is -1.84. The molecule has 2 heteroatoms. The molecule has 0 saturated carbocycles. The lowest BCUT2D eigenvalue weighted by Gasteiger charge is -2.06. The number of hydrogen-bond donors (Lipinski definition) is 0. The average Bonchev–Trinajstić information content (AvgIpc) is 3.66. The van der Waals surface area contributed by atoms with Crippen LogP contribution in [-0.2, 0) is 12.8 Å². The van der Waals surface area contributed by atoms with Gasteiger partial charge in [-0.15, -0.1) is 22.7 Å². The van der Waals surface area contributed by atoms with Gasteiger partial charge in [0.1, 0.15) is 0 Å². The monoisotopic (exact) mass is 626 g/mol. The molecule has 5 rings (SSSR count). The van der Waals surface area contributed by atoms with Crippen LogP contribution >= 0.6 is 22.7 Å². The molecular weight excluding hydrogens is 569 g/mol. The van der Waals surface area contributed by atoms with Crippen molar-refractivity contribution < 1.29 is 0 Å². The third-order valence-electron chi connectivity index (χ3n) is 9.81. The molecule has 0 saturated heterocycles. The van der Waals surface area contributed by atoms with Crippen LogP contribution in [0.3, 0.4) is 0 Å². The first-order chi connectivity index (χ1) is 21.8. The highest BCUT2D eigenvalue weighted by Gasteiger charge is 2.12. The van der Waals surface area contributed by atoms with Crippen LogP contribution in [0.2, 0.25) is 0 Å². The minimum Gasteiger partial charge on any atom is -0.140 e. The van der Waals surface area contributed by atoms with E-state index in [9.17, 15) is 0 Å². The number of aryl methyl sites for hydroxylation is 2. The molecule has 238 valence electrons. The Hall–Kier alpha value is -1.90. The van der Waals surface area contributed by atoms with E-state index in [4.69, 9.17) is 0 Å². The summed E-state index contributed by atoms with van der Waals surface area (Å²) in [5, 5.41) is 8.59. The molecule has 0 fully saturated rings. The molecule has 0 unspecified atom stereocenters. The first kappa shape index (κ1) is 33.5. The van der Waals surface area contributed by atoms with Crippen LogP contribution in [0.5, 0.6) is 0 Å². The molecule has 0 N–H and O–H groups in total. The Morgan fingerprint density at radius 3 is 1.05 bits per heavy atom. The standard InChI is InChI=1S/C42H58S2/c1-3-5-7-9-11-13-15-17-19-21-23-35-31-33-25-27-37-38-28-26-34-32-36(24-22-20-18-16-14-12-10-8-6-4-2)44-42(34)40(38)30-29-39(37)41(33)43-35/h25-32H,3-24H2,1-2H3. The summed E-state index contributed by atoms with van der Waals surface area (Å²) in [6.07, 6.45) is 30.6. The molecule has 2 heterocycles. The fraction of sp³-hybridized carbons (Fsp3) is 0.571. The molecule has 5 aromatic rings. The quantitative estimate of drug-likeness (QED) is 0.0529. The fourth-order valence-corrected chi connectivity index (χ4v) is 9.60. The van der Waals surface area contributed by atoms with Crippen molar-refractivity contribution in [2.75, 3.05) is 0 Å². The summed E-state index contributed by atoms with van der Waals surface area (Å²) >= 11 is 4.09. The number of thiophene rings is 2. The molecule has 0 amide bonds. The minimum absolute atomic E-state index is 1.24. The van der Waals surface area contributed by atoms with Gasteiger partial charge in [-0.05, 0) is 59.4 Å². The summed E-state index contributed by atoms with van der Waals surface area (Å²) < 4.78 is 2.97. The molecule has 0 nitrogen and oxygen atoms in total. The van der Waals surface area contributed by atoms with Gasteiger partial charge in [0, 0.05) is 29.9 Å². The van der Waals surface area contributed by atoms with Crippen molar-refractivity contribution in [3.8, 4) is 0 Å². The molecule has 44 heavy (non-hydrogen) atoms. The van der Waals surface area contributed by atoms with E-state index >= 15 is 0 Å². The predicted molar refractivity (Wildman–Crippen MR) is 203 cm³/mol. The Morgan fingerprint density at radius 2 is 0.682 bits per heavy atom. The van der Waals surface area contributed by atoms with E-state index in [1.807, 2.05) is 22.7 Å². The van der Waals surface area contributed by atoms with Gasteiger partial charge < -0.3 is 0 Å². The normalized spacial score (nSPS) is 12.0. The summed E-state index contributed by atoms with van der Waals surface area (Å²) in [6, 6.07) is 19.3. The fourth-order valence-electron chi connectivity index (χ4n) is 7.14. The van der Waals surface area contributed by atoms with Gasteiger partial charge in [0.05, 0.1) is 0 Å². The maximum absolute atomic E-state index is 2.47. The largest absolute Gasteiger partial charge is 0.140 e. The second-order valence-electron chi connectivity index (χ2n) is 13.5. The summed E-state index contributed by atoms with van der Waals surface area (Å²) in [4.78, 5) is 3.13. The summed E-state index contributed by atoms with van der Waals surface area (Å²) in [6.45, 7) is 4.61. The van der Waals surface area contributed by atoms with Gasteiger partial charge in [-0.2, -0.15) is 0 Å². The van der Waals surface area contributed by atoms with Crippen LogP contribution in [0.25, 0.3) is 41.7 Å². The van der Waals surface area contributed by atoms with Crippen LogP contribution in [0.15, 0.2) is 48.5 Å². The van der Waals surface area contributed by atoms with Gasteiger partial charge in [-0.3, -0.25) is 0 Å². The lowest BCUT2D eigenvalue weighted by molar-refractivity contribution is 0.557. The highest BCUT2D eigenvalue weighted by atomic mass is 32.1. The van der Waals surface area contributed by atoms with E-state index in [1.165, 1.54) is 183 Å². The smallest absolute Gasteiger partial charge is 0.0424 e. The van der Waals surface area contributed by atoms with Crippen LogP contribution in [0.4, 0.5) is 0 Å². The van der Waals surface area contributed by atoms with E-state index in [-0.39, 0.29) is 0 Å². The summed E-state index contributed by atoms with van der Waals surface area (Å²) in [7, 11) is 0. The third-order valence-corrected chi connectivity index (χ3v) is 12.3. The molecular formula is C42H58S2. The van der Waals surface area contributed by atoms with E-state index < -0.39 is 0 Å². The maximum atomic E-state index is 2.47. The SMILES string of the molecule is CCCCCCCCCCCCc1cc2ccc3c4ccc5cc(CCCCCCCCCCCC)sc5c4ccc3c2s1. The van der Waals surface area contributed by atoms with Crippen molar-refractivity contribution in [2.24, 2.45) is 0 Å². The van der Waals surface area contributed by atoms with Crippen LogP contribution in [0, 0.1) is 0 Å². The van der Waals surface area contributed by atoms with Crippen LogP contribution in [-0.4, -0.2) is 0 Å². The zero-order chi connectivity index (χ0) is 30.4. The number of unbranched alkanes of at least 4 members (excludes halogenated alkanes) is 18. The molecule has 0 radical (unpaired) electrons. The second-order valence-corrected chi connectivity index (χ2v) is 15.8. The van der Waals surface area contributed by atoms with Gasteiger partial charge >= 0.3 is 0 Å². The van der Waals surface area contributed by atoms with E-state index in [1.54, 1.807) is 9.75 Å². The van der Waals surface area contributed by atoms with E-state index in [0.29, 0.717) is 0 Å². The Morgan fingerprint density at radius 1 is 0.364 bits per heavy atom. The van der Waals surface area contributed by atoms with Crippen LogP contribution < -0.4 is 0 Å². The Kier molecular flexibility index (Phi) is 13.9. The lowest BCUT2D eigenvalue weighted by atomic mass is 9.99. The van der Waals surface area contributed by atoms with Crippen molar-refractivity contribution in [2.45, 2.75) is 155 Å². The minimum atomic E-state index is 1.24. The first-order valence-electron chi connectivity index (χ1n) is 18.6. The molecule has 3 aromatic carbocycles. The van der Waals surface area contributed by atoms with E-state index in [2.05, 4.69) is 62.4 Å². The highest BCUT2D eigenvalue weighted by Crippen LogP contribution is 2.40. The zero-order valence-corrected chi connectivity index (χ0v) is 29.6.